The number of amides is 1. The lowest BCUT2D eigenvalue weighted by atomic mass is 9.92. The highest BCUT2D eigenvalue weighted by Crippen LogP contribution is 2.22. The number of methoxy groups -OCH3 is 1. The molecule has 5 nitrogen and oxygen atoms in total. The van der Waals surface area contributed by atoms with Crippen molar-refractivity contribution in [1.29, 1.82) is 0 Å². The summed E-state index contributed by atoms with van der Waals surface area (Å²) in [5.74, 6) is 0.340. The first-order chi connectivity index (χ1) is 9.91. The summed E-state index contributed by atoms with van der Waals surface area (Å²) in [6, 6.07) is 9.23. The molecule has 0 saturated heterocycles. The van der Waals surface area contributed by atoms with Gasteiger partial charge in [-0.3, -0.25) is 9.89 Å². The molecule has 1 aromatic heterocycles. The van der Waals surface area contributed by atoms with Crippen molar-refractivity contribution in [3.63, 3.8) is 0 Å². The summed E-state index contributed by atoms with van der Waals surface area (Å²) in [6.45, 7) is 6.65. The Morgan fingerprint density at radius 3 is 2.67 bits per heavy atom. The van der Waals surface area contributed by atoms with Gasteiger partial charge >= 0.3 is 0 Å². The fourth-order valence-corrected chi connectivity index (χ4v) is 1.98. The van der Waals surface area contributed by atoms with Crippen LogP contribution in [0.15, 0.2) is 30.3 Å². The van der Waals surface area contributed by atoms with Gasteiger partial charge in [-0.25, -0.2) is 0 Å². The molecule has 21 heavy (non-hydrogen) atoms. The van der Waals surface area contributed by atoms with Crippen molar-refractivity contribution in [3.8, 4) is 0 Å². The van der Waals surface area contributed by atoms with Crippen LogP contribution in [0, 0.1) is 0 Å². The highest BCUT2D eigenvalue weighted by molar-refractivity contribution is 6.04. The number of carbonyl (C=O) groups excluding carboxylic acids is 1. The lowest BCUT2D eigenvalue weighted by Gasteiger charge is -2.14. The predicted octanol–water partition coefficient (Wildman–Crippen LogP) is 3.11. The highest BCUT2D eigenvalue weighted by atomic mass is 16.5. The van der Waals surface area contributed by atoms with Crippen molar-refractivity contribution in [2.24, 2.45) is 0 Å². The van der Waals surface area contributed by atoms with Crippen molar-refractivity contribution < 1.29 is 9.53 Å². The summed E-state index contributed by atoms with van der Waals surface area (Å²) in [6.07, 6.45) is 0. The van der Waals surface area contributed by atoms with E-state index in [-0.39, 0.29) is 11.3 Å². The summed E-state index contributed by atoms with van der Waals surface area (Å²) >= 11 is 0. The minimum absolute atomic E-state index is 0.0378. The number of anilines is 1. The first-order valence-corrected chi connectivity index (χ1v) is 6.86. The molecule has 0 bridgehead atoms. The summed E-state index contributed by atoms with van der Waals surface area (Å²) in [5.41, 5.74) is 2.39. The van der Waals surface area contributed by atoms with Crippen molar-refractivity contribution in [1.82, 2.24) is 10.2 Å². The zero-order valence-corrected chi connectivity index (χ0v) is 12.9. The van der Waals surface area contributed by atoms with Crippen LogP contribution in [0.4, 0.5) is 5.82 Å². The monoisotopic (exact) mass is 287 g/mol. The maximum atomic E-state index is 12.3. The van der Waals surface area contributed by atoms with Crippen molar-refractivity contribution in [2.45, 2.75) is 32.8 Å². The first-order valence-electron chi connectivity index (χ1n) is 6.86. The average molecular weight is 287 g/mol. The maximum Gasteiger partial charge on any atom is 0.257 e. The van der Waals surface area contributed by atoms with E-state index in [2.05, 4.69) is 36.3 Å². The van der Waals surface area contributed by atoms with Gasteiger partial charge in [-0.05, 0) is 11.6 Å². The van der Waals surface area contributed by atoms with Crippen molar-refractivity contribution >= 4 is 11.7 Å². The Hall–Kier alpha value is -2.14. The zero-order chi connectivity index (χ0) is 15.5. The molecule has 0 saturated carbocycles. The van der Waals surface area contributed by atoms with Gasteiger partial charge in [0.05, 0.1) is 6.61 Å². The molecule has 1 aromatic carbocycles. The van der Waals surface area contributed by atoms with Crippen molar-refractivity contribution in [2.75, 3.05) is 12.4 Å². The number of hydrogen-bond donors (Lipinski definition) is 2. The fraction of sp³-hybridized carbons (Fsp3) is 0.375. The Morgan fingerprint density at radius 1 is 1.33 bits per heavy atom. The van der Waals surface area contributed by atoms with E-state index in [1.165, 1.54) is 0 Å². The normalized spacial score (nSPS) is 11.4. The Kier molecular flexibility index (Phi) is 4.43. The molecule has 0 aliphatic carbocycles. The number of ether oxygens (including phenoxy) is 1. The molecule has 0 radical (unpaired) electrons. The molecule has 0 aliphatic heterocycles. The summed E-state index contributed by atoms with van der Waals surface area (Å²) < 4.78 is 5.12. The number of carbonyl (C=O) groups is 1. The summed E-state index contributed by atoms with van der Waals surface area (Å²) in [5, 5.41) is 9.90. The second-order valence-electron chi connectivity index (χ2n) is 5.96. The highest BCUT2D eigenvalue weighted by Gasteiger charge is 2.18. The molecule has 2 aromatic rings. The SMILES string of the molecule is COCc1ccccc1C(=O)Nc1cc(C(C)(C)C)[nH]n1. The minimum Gasteiger partial charge on any atom is -0.380 e. The van der Waals surface area contributed by atoms with E-state index in [9.17, 15) is 4.79 Å². The molecule has 112 valence electrons. The van der Waals surface area contributed by atoms with E-state index in [0.29, 0.717) is 18.0 Å². The van der Waals surface area contributed by atoms with Gasteiger partial charge in [-0.1, -0.05) is 39.0 Å². The van der Waals surface area contributed by atoms with Crippen LogP contribution in [-0.2, 0) is 16.8 Å². The third-order valence-electron chi connectivity index (χ3n) is 3.19. The van der Waals surface area contributed by atoms with E-state index < -0.39 is 0 Å². The van der Waals surface area contributed by atoms with Crippen molar-refractivity contribution in [3.05, 3.63) is 47.2 Å². The van der Waals surface area contributed by atoms with Gasteiger partial charge in [-0.2, -0.15) is 5.10 Å². The van der Waals surface area contributed by atoms with Crippen LogP contribution in [-0.4, -0.2) is 23.2 Å². The number of hydrogen-bond acceptors (Lipinski definition) is 3. The number of nitrogens with one attached hydrogen (secondary N) is 2. The smallest absolute Gasteiger partial charge is 0.257 e. The van der Waals surface area contributed by atoms with E-state index in [1.54, 1.807) is 13.2 Å². The summed E-state index contributed by atoms with van der Waals surface area (Å²) in [4.78, 5) is 12.3. The largest absolute Gasteiger partial charge is 0.380 e. The zero-order valence-electron chi connectivity index (χ0n) is 12.9. The molecule has 2 rings (SSSR count). The Bertz CT molecular complexity index is 626. The Morgan fingerprint density at radius 2 is 2.05 bits per heavy atom. The molecule has 2 N–H and O–H groups in total. The van der Waals surface area contributed by atoms with Crippen LogP contribution < -0.4 is 5.32 Å². The van der Waals surface area contributed by atoms with E-state index in [0.717, 1.165) is 11.3 Å². The molecular formula is C16H21N3O2. The van der Waals surface area contributed by atoms with Crippen LogP contribution in [0.3, 0.4) is 0 Å². The minimum atomic E-state index is -0.186. The van der Waals surface area contributed by atoms with E-state index in [4.69, 9.17) is 4.74 Å². The first kappa shape index (κ1) is 15.3. The quantitative estimate of drug-likeness (QED) is 0.908. The van der Waals surface area contributed by atoms with Gasteiger partial charge in [0, 0.05) is 29.8 Å². The molecule has 5 heteroatoms. The molecule has 1 heterocycles. The molecule has 0 atom stereocenters. The maximum absolute atomic E-state index is 12.3. The van der Waals surface area contributed by atoms with Crippen LogP contribution in [0.1, 0.15) is 42.4 Å². The Labute approximate surface area is 124 Å². The van der Waals surface area contributed by atoms with Crippen LogP contribution in [0.25, 0.3) is 0 Å². The van der Waals surface area contributed by atoms with Gasteiger partial charge in [0.15, 0.2) is 5.82 Å². The number of rotatable bonds is 4. The number of H-pyrrole nitrogens is 1. The van der Waals surface area contributed by atoms with Crippen LogP contribution in [0.2, 0.25) is 0 Å². The lowest BCUT2D eigenvalue weighted by Crippen LogP contribution is -2.15. The molecule has 0 spiro atoms. The molecule has 0 unspecified atom stereocenters. The van der Waals surface area contributed by atoms with Gasteiger partial charge in [0.25, 0.3) is 5.91 Å². The molecular weight excluding hydrogens is 266 g/mol. The van der Waals surface area contributed by atoms with Gasteiger partial charge < -0.3 is 10.1 Å². The van der Waals surface area contributed by atoms with E-state index >= 15 is 0 Å². The second kappa shape index (κ2) is 6.10. The molecule has 0 aliphatic rings. The van der Waals surface area contributed by atoms with Crippen LogP contribution >= 0.6 is 0 Å². The average Bonchev–Trinajstić information content (AvgIpc) is 2.88. The van der Waals surface area contributed by atoms with Crippen LogP contribution in [0.5, 0.6) is 0 Å². The van der Waals surface area contributed by atoms with E-state index in [1.807, 2.05) is 24.3 Å². The number of nitrogens with zero attached hydrogens (tertiary/aromatic N) is 1. The molecule has 0 fully saturated rings. The summed E-state index contributed by atoms with van der Waals surface area (Å²) in [7, 11) is 1.61. The van der Waals surface area contributed by atoms with Gasteiger partial charge in [0.1, 0.15) is 0 Å². The number of benzene rings is 1. The molecule has 1 amide bonds. The predicted molar refractivity (Wildman–Crippen MR) is 82.4 cm³/mol. The topological polar surface area (TPSA) is 67.0 Å². The number of aromatic nitrogens is 2. The van der Waals surface area contributed by atoms with Gasteiger partial charge in [-0.15, -0.1) is 0 Å². The fourth-order valence-electron chi connectivity index (χ4n) is 1.98. The second-order valence-corrected chi connectivity index (χ2v) is 5.96. The number of aromatic amines is 1. The van der Waals surface area contributed by atoms with Gasteiger partial charge in [0.2, 0.25) is 0 Å². The lowest BCUT2D eigenvalue weighted by molar-refractivity contribution is 0.102. The third kappa shape index (κ3) is 3.70. The Balaban J connectivity index is 2.17. The third-order valence-corrected chi connectivity index (χ3v) is 3.19. The standard InChI is InChI=1S/C16H21N3O2/c1-16(2,3)13-9-14(19-18-13)17-15(20)12-8-6-5-7-11(12)10-21-4/h5-9H,10H2,1-4H3,(H2,17,18,19,20).